The van der Waals surface area contributed by atoms with Crippen LogP contribution in [0.5, 0.6) is 0 Å². The van der Waals surface area contributed by atoms with E-state index in [2.05, 4.69) is 6.92 Å². The molecule has 19 heavy (non-hydrogen) atoms. The molecule has 0 saturated carbocycles. The van der Waals surface area contributed by atoms with E-state index in [1.807, 2.05) is 12.2 Å². The molecular weight excluding hydrogens is 236 g/mol. The van der Waals surface area contributed by atoms with Gasteiger partial charge in [0.15, 0.2) is 0 Å². The molecule has 0 rings (SSSR count). The van der Waals surface area contributed by atoms with Crippen LogP contribution in [0.25, 0.3) is 0 Å². The van der Waals surface area contributed by atoms with Gasteiger partial charge in [0, 0.05) is 19.6 Å². The normalized spacial score (nSPS) is 10.0. The molecule has 0 bridgehead atoms. The first-order valence-corrected chi connectivity index (χ1v) is 5.83. The van der Waals surface area contributed by atoms with Gasteiger partial charge in [-0.2, -0.15) is 0 Å². The Morgan fingerprint density at radius 3 is 1.89 bits per heavy atom. The molecule has 0 radical (unpaired) electrons. The molecule has 98 valence electrons. The summed E-state index contributed by atoms with van der Waals surface area (Å²) in [5.41, 5.74) is 0. The van der Waals surface area contributed by atoms with Crippen LogP contribution in [0.3, 0.4) is 0 Å². The number of hydrogen-bond acceptors (Lipinski definition) is 5. The summed E-state index contributed by atoms with van der Waals surface area (Å²) in [6, 6.07) is 0. The maximum Gasteiger partial charge on any atom is 1.00 e. The van der Waals surface area contributed by atoms with Gasteiger partial charge in [0.2, 0.25) is 0 Å². The number of nitrogens with zero attached hydrogens (tertiary/aromatic N) is 1. The fraction of sp³-hybridized carbons (Fsp3) is 0.667. The fourth-order valence-electron chi connectivity index (χ4n) is 1.39. The second kappa shape index (κ2) is 15.9. The number of allylic oxidation sites excluding steroid dienone is 1. The molecule has 0 amide bonds. The molecule has 0 aliphatic carbocycles. The van der Waals surface area contributed by atoms with Gasteiger partial charge >= 0.3 is 37.7 Å². The largest absolute Gasteiger partial charge is 1.00 e. The van der Waals surface area contributed by atoms with Gasteiger partial charge in [-0.3, -0.25) is 4.90 Å². The third kappa shape index (κ3) is 17.8. The Balaban J connectivity index is -0.00000128. The van der Waals surface area contributed by atoms with Gasteiger partial charge in [-0.05, 0) is 12.8 Å². The molecular formula is C12H19Li2NO4. The molecule has 0 unspecified atom stereocenters. The van der Waals surface area contributed by atoms with Gasteiger partial charge in [0.05, 0.1) is 11.9 Å². The van der Waals surface area contributed by atoms with Gasteiger partial charge in [-0.1, -0.05) is 31.9 Å². The standard InChI is InChI=1S/C12H21NO4.2Li/c1-2-3-4-5-6-7-8-13(9-11(14)15)10-12(16)17;;/h5-6H,2-4,7-10H2,1H3,(H,14,15)(H,16,17);;/q;2*+1/p-2/b6-5+;;. The summed E-state index contributed by atoms with van der Waals surface area (Å²) in [4.78, 5) is 22.0. The molecule has 5 nitrogen and oxygen atoms in total. The van der Waals surface area contributed by atoms with Crippen LogP contribution in [0.15, 0.2) is 12.2 Å². The van der Waals surface area contributed by atoms with Crippen molar-refractivity contribution in [2.45, 2.75) is 32.6 Å². The van der Waals surface area contributed by atoms with Crippen LogP contribution in [0.1, 0.15) is 32.6 Å². The second-order valence-corrected chi connectivity index (χ2v) is 3.86. The molecule has 0 spiro atoms. The first-order valence-electron chi connectivity index (χ1n) is 5.83. The summed E-state index contributed by atoms with van der Waals surface area (Å²) in [7, 11) is 0. The molecule has 0 saturated heterocycles. The van der Waals surface area contributed by atoms with E-state index in [0.717, 1.165) is 19.3 Å². The van der Waals surface area contributed by atoms with E-state index in [4.69, 9.17) is 0 Å². The van der Waals surface area contributed by atoms with Crippen LogP contribution in [0.2, 0.25) is 0 Å². The van der Waals surface area contributed by atoms with Crippen LogP contribution in [-0.2, 0) is 9.59 Å². The van der Waals surface area contributed by atoms with Crippen LogP contribution in [0, 0.1) is 0 Å². The Labute approximate surface area is 138 Å². The number of carboxylic acid groups (broad SMARTS) is 2. The number of carboxylic acids is 2. The summed E-state index contributed by atoms with van der Waals surface area (Å²) in [5, 5.41) is 20.8. The minimum absolute atomic E-state index is 0. The predicted molar refractivity (Wildman–Crippen MR) is 59.7 cm³/mol. The van der Waals surface area contributed by atoms with Crippen LogP contribution < -0.4 is 47.9 Å². The van der Waals surface area contributed by atoms with Crippen molar-refractivity contribution < 1.29 is 57.5 Å². The quantitative estimate of drug-likeness (QED) is 0.220. The first-order chi connectivity index (χ1) is 8.06. The Bertz CT molecular complexity index is 256. The van der Waals surface area contributed by atoms with E-state index >= 15 is 0 Å². The van der Waals surface area contributed by atoms with Gasteiger partial charge in [0.1, 0.15) is 0 Å². The van der Waals surface area contributed by atoms with Crippen molar-refractivity contribution in [3.63, 3.8) is 0 Å². The molecule has 0 atom stereocenters. The number of carbonyl (C=O) groups excluding carboxylic acids is 2. The average molecular weight is 255 g/mol. The van der Waals surface area contributed by atoms with Gasteiger partial charge in [0.25, 0.3) is 0 Å². The van der Waals surface area contributed by atoms with Crippen LogP contribution >= 0.6 is 0 Å². The monoisotopic (exact) mass is 255 g/mol. The zero-order valence-electron chi connectivity index (χ0n) is 12.2. The second-order valence-electron chi connectivity index (χ2n) is 3.86. The third-order valence-corrected chi connectivity index (χ3v) is 2.21. The zero-order chi connectivity index (χ0) is 13.1. The number of hydrogen-bond donors (Lipinski definition) is 0. The van der Waals surface area contributed by atoms with E-state index in [-0.39, 0.29) is 50.8 Å². The summed E-state index contributed by atoms with van der Waals surface area (Å²) < 4.78 is 0. The molecule has 0 aromatic rings. The molecule has 0 fully saturated rings. The predicted octanol–water partition coefficient (Wildman–Crippen LogP) is -7.07. The molecule has 0 aromatic carbocycles. The molecule has 0 heterocycles. The number of aliphatic carboxylic acids is 2. The van der Waals surface area contributed by atoms with E-state index in [1.54, 1.807) is 0 Å². The average Bonchev–Trinajstić information content (AvgIpc) is 2.21. The summed E-state index contributed by atoms with van der Waals surface area (Å²) in [5.74, 6) is -2.55. The maximum atomic E-state index is 10.4. The summed E-state index contributed by atoms with van der Waals surface area (Å²) in [6.45, 7) is 1.73. The third-order valence-electron chi connectivity index (χ3n) is 2.21. The molecule has 0 aromatic heterocycles. The summed E-state index contributed by atoms with van der Waals surface area (Å²) in [6.07, 6.45) is 7.85. The fourth-order valence-corrected chi connectivity index (χ4v) is 1.39. The van der Waals surface area contributed by atoms with Gasteiger partial charge < -0.3 is 19.8 Å². The van der Waals surface area contributed by atoms with Gasteiger partial charge in [-0.25, -0.2) is 0 Å². The zero-order valence-corrected chi connectivity index (χ0v) is 12.2. The molecule has 0 aliphatic heterocycles. The summed E-state index contributed by atoms with van der Waals surface area (Å²) >= 11 is 0. The van der Waals surface area contributed by atoms with E-state index in [9.17, 15) is 19.8 Å². The Kier molecular flexibility index (Phi) is 20.0. The van der Waals surface area contributed by atoms with Crippen molar-refractivity contribution in [1.29, 1.82) is 0 Å². The Hall–Kier alpha value is -0.165. The van der Waals surface area contributed by atoms with Crippen molar-refractivity contribution in [1.82, 2.24) is 4.90 Å². The van der Waals surface area contributed by atoms with Crippen molar-refractivity contribution >= 4 is 11.9 Å². The number of unbranched alkanes of at least 4 members (excludes halogenated alkanes) is 2. The van der Waals surface area contributed by atoms with Crippen LogP contribution in [0.4, 0.5) is 0 Å². The van der Waals surface area contributed by atoms with E-state index in [1.165, 1.54) is 4.90 Å². The Morgan fingerprint density at radius 2 is 1.47 bits per heavy atom. The first kappa shape index (κ1) is 23.9. The maximum absolute atomic E-state index is 10.4. The van der Waals surface area contributed by atoms with Crippen molar-refractivity contribution in [3.8, 4) is 0 Å². The molecule has 0 N–H and O–H groups in total. The van der Waals surface area contributed by atoms with Crippen molar-refractivity contribution in [3.05, 3.63) is 12.2 Å². The van der Waals surface area contributed by atoms with Crippen molar-refractivity contribution in [2.24, 2.45) is 0 Å². The van der Waals surface area contributed by atoms with Crippen LogP contribution in [-0.4, -0.2) is 36.5 Å². The number of rotatable bonds is 10. The molecule has 7 heteroatoms. The van der Waals surface area contributed by atoms with E-state index in [0.29, 0.717) is 13.0 Å². The minimum Gasteiger partial charge on any atom is -0.549 e. The smallest absolute Gasteiger partial charge is 0.549 e. The topological polar surface area (TPSA) is 83.5 Å². The molecule has 0 aliphatic rings. The van der Waals surface area contributed by atoms with Gasteiger partial charge in [-0.15, -0.1) is 0 Å². The Morgan fingerprint density at radius 1 is 1.00 bits per heavy atom. The minimum atomic E-state index is -1.28. The van der Waals surface area contributed by atoms with E-state index < -0.39 is 11.9 Å². The number of carbonyl (C=O) groups is 2. The van der Waals surface area contributed by atoms with Crippen molar-refractivity contribution in [2.75, 3.05) is 19.6 Å². The SMILES string of the molecule is CCCC/C=C/CCN(CC(=O)[O-])CC(=O)[O-].[Li+].[Li+].